The van der Waals surface area contributed by atoms with Crippen molar-refractivity contribution >= 4 is 11.0 Å². The van der Waals surface area contributed by atoms with Gasteiger partial charge in [-0.15, -0.1) is 15.0 Å². The van der Waals surface area contributed by atoms with Crippen LogP contribution in [-0.2, 0) is 10.8 Å². The second-order valence-electron chi connectivity index (χ2n) is 10.7. The highest BCUT2D eigenvalue weighted by atomic mass is 16.5. The molecule has 0 spiro atoms. The summed E-state index contributed by atoms with van der Waals surface area (Å²) < 4.78 is 10.9. The molecule has 6 nitrogen and oxygen atoms in total. The monoisotopic (exact) mass is 507 g/mol. The molecule has 0 aliphatic rings. The number of phenolic OH excluding ortho intramolecular Hbond substituents is 1. The molecule has 1 N–H and O–H groups in total. The van der Waals surface area contributed by atoms with Gasteiger partial charge in [-0.05, 0) is 71.5 Å². The first kappa shape index (κ1) is 25.3. The molecule has 0 aliphatic heterocycles. The molecule has 0 amide bonds. The minimum Gasteiger partial charge on any atom is -0.505 e. The summed E-state index contributed by atoms with van der Waals surface area (Å²) in [7, 11) is 3.31. The zero-order valence-electron chi connectivity index (χ0n) is 22.7. The summed E-state index contributed by atoms with van der Waals surface area (Å²) in [5, 5.41) is 21.4. The predicted molar refractivity (Wildman–Crippen MR) is 151 cm³/mol. The maximum atomic E-state index is 12.0. The normalized spacial score (nSPS) is 12.1. The fourth-order valence-electron chi connectivity index (χ4n) is 4.88. The molecule has 0 radical (unpaired) electrons. The average molecular weight is 508 g/mol. The smallest absolute Gasteiger partial charge is 0.147 e. The quantitative estimate of drug-likeness (QED) is 0.256. The Morgan fingerprint density at radius 1 is 0.658 bits per heavy atom. The lowest BCUT2D eigenvalue weighted by Crippen LogP contribution is -2.27. The summed E-state index contributed by atoms with van der Waals surface area (Å²) in [6.07, 6.45) is 0. The molecule has 0 saturated heterocycles. The van der Waals surface area contributed by atoms with Crippen LogP contribution in [0.2, 0.25) is 0 Å². The van der Waals surface area contributed by atoms with Crippen LogP contribution in [0.3, 0.4) is 0 Å². The molecule has 5 aromatic rings. The Kier molecular flexibility index (Phi) is 6.35. The number of aromatic nitrogens is 3. The number of hydrogen-bond donors (Lipinski definition) is 1. The second-order valence-corrected chi connectivity index (χ2v) is 10.7. The van der Waals surface area contributed by atoms with E-state index >= 15 is 0 Å². The third kappa shape index (κ3) is 4.36. The number of aromatic hydroxyl groups is 1. The number of fused-ring (bicyclic) bond motifs is 1. The molecule has 0 aliphatic carbocycles. The van der Waals surface area contributed by atoms with E-state index in [9.17, 15) is 5.11 Å². The van der Waals surface area contributed by atoms with E-state index in [1.807, 2.05) is 78.9 Å². The number of nitrogens with zero attached hydrogens (tertiary/aromatic N) is 3. The molecule has 38 heavy (non-hydrogen) atoms. The molecular formula is C32H33N3O3. The molecule has 194 valence electrons. The molecule has 0 fully saturated rings. The molecule has 1 heterocycles. The van der Waals surface area contributed by atoms with Crippen LogP contribution in [0.4, 0.5) is 0 Å². The summed E-state index contributed by atoms with van der Waals surface area (Å²) in [4.78, 5) is 1.54. The van der Waals surface area contributed by atoms with Crippen molar-refractivity contribution in [1.82, 2.24) is 15.0 Å². The first-order valence-corrected chi connectivity index (χ1v) is 12.6. The van der Waals surface area contributed by atoms with Crippen LogP contribution in [-0.4, -0.2) is 34.3 Å². The van der Waals surface area contributed by atoms with Crippen molar-refractivity contribution in [2.24, 2.45) is 0 Å². The number of methoxy groups -OCH3 is 2. The highest BCUT2D eigenvalue weighted by Gasteiger charge is 2.36. The van der Waals surface area contributed by atoms with E-state index in [1.165, 1.54) is 0 Å². The standard InChI is InChI=1S/C32H33N3O3/c1-31(2,3)23-19-26(30(36)29(20-23)35-33-27-9-7-8-10-28(27)34-35)32(4,21-11-15-24(37-5)16-12-21)22-13-17-25(38-6)18-14-22/h7-20,36H,1-6H3. The first-order chi connectivity index (χ1) is 18.1. The van der Waals surface area contributed by atoms with Gasteiger partial charge in [0.15, 0.2) is 0 Å². The molecular weight excluding hydrogens is 474 g/mol. The van der Waals surface area contributed by atoms with Crippen LogP contribution in [0, 0.1) is 0 Å². The summed E-state index contributed by atoms with van der Waals surface area (Å²) in [5.74, 6) is 1.67. The van der Waals surface area contributed by atoms with Crippen LogP contribution in [0.25, 0.3) is 16.7 Å². The number of benzene rings is 4. The molecule has 0 unspecified atom stereocenters. The third-order valence-electron chi connectivity index (χ3n) is 7.33. The number of rotatable bonds is 6. The van der Waals surface area contributed by atoms with E-state index in [-0.39, 0.29) is 11.2 Å². The van der Waals surface area contributed by atoms with E-state index < -0.39 is 5.41 Å². The van der Waals surface area contributed by atoms with Crippen molar-refractivity contribution in [3.8, 4) is 22.9 Å². The largest absolute Gasteiger partial charge is 0.505 e. The Labute approximate surface area is 223 Å². The lowest BCUT2D eigenvalue weighted by Gasteiger charge is -2.34. The second kappa shape index (κ2) is 9.53. The van der Waals surface area contributed by atoms with Gasteiger partial charge in [0.05, 0.1) is 14.2 Å². The van der Waals surface area contributed by atoms with Crippen LogP contribution < -0.4 is 9.47 Å². The van der Waals surface area contributed by atoms with Crippen LogP contribution >= 0.6 is 0 Å². The summed E-state index contributed by atoms with van der Waals surface area (Å²) in [6.45, 7) is 8.63. The molecule has 1 aromatic heterocycles. The average Bonchev–Trinajstić information content (AvgIpc) is 3.36. The zero-order chi connectivity index (χ0) is 27.1. The van der Waals surface area contributed by atoms with Gasteiger partial charge in [-0.25, -0.2) is 0 Å². The van der Waals surface area contributed by atoms with Gasteiger partial charge in [-0.2, -0.15) is 0 Å². The van der Waals surface area contributed by atoms with Crippen LogP contribution in [0.15, 0.2) is 84.9 Å². The van der Waals surface area contributed by atoms with E-state index in [0.717, 1.165) is 44.8 Å². The van der Waals surface area contributed by atoms with Gasteiger partial charge in [0, 0.05) is 11.0 Å². The van der Waals surface area contributed by atoms with Crippen molar-refractivity contribution in [3.05, 3.63) is 107 Å². The highest BCUT2D eigenvalue weighted by Crippen LogP contribution is 2.47. The molecule has 6 heteroatoms. The molecule has 0 saturated carbocycles. The van der Waals surface area contributed by atoms with E-state index in [1.54, 1.807) is 19.0 Å². The van der Waals surface area contributed by atoms with Crippen molar-refractivity contribution in [2.45, 2.75) is 38.5 Å². The van der Waals surface area contributed by atoms with Gasteiger partial charge in [0.1, 0.15) is 34.0 Å². The lowest BCUT2D eigenvalue weighted by atomic mass is 9.69. The zero-order valence-corrected chi connectivity index (χ0v) is 22.7. The maximum absolute atomic E-state index is 12.0. The van der Waals surface area contributed by atoms with Gasteiger partial charge in [-0.3, -0.25) is 0 Å². The Balaban J connectivity index is 1.82. The van der Waals surface area contributed by atoms with E-state index in [4.69, 9.17) is 19.7 Å². The van der Waals surface area contributed by atoms with Gasteiger partial charge in [-0.1, -0.05) is 63.2 Å². The van der Waals surface area contributed by atoms with Crippen molar-refractivity contribution < 1.29 is 14.6 Å². The van der Waals surface area contributed by atoms with Gasteiger partial charge in [0.25, 0.3) is 0 Å². The minimum absolute atomic E-state index is 0.132. The van der Waals surface area contributed by atoms with Crippen molar-refractivity contribution in [3.63, 3.8) is 0 Å². The molecule has 0 bridgehead atoms. The highest BCUT2D eigenvalue weighted by molar-refractivity contribution is 5.74. The van der Waals surface area contributed by atoms with Gasteiger partial charge < -0.3 is 14.6 Å². The Bertz CT molecular complexity index is 1500. The molecule has 4 aromatic carbocycles. The molecule has 0 atom stereocenters. The Morgan fingerprint density at radius 2 is 1.13 bits per heavy atom. The summed E-state index contributed by atoms with van der Waals surface area (Å²) in [6, 6.07) is 27.8. The van der Waals surface area contributed by atoms with E-state index in [2.05, 4.69) is 33.8 Å². The Morgan fingerprint density at radius 3 is 1.55 bits per heavy atom. The minimum atomic E-state index is -0.717. The van der Waals surface area contributed by atoms with Crippen LogP contribution in [0.1, 0.15) is 49.9 Å². The number of phenols is 1. The fraction of sp³-hybridized carbons (Fsp3) is 0.250. The first-order valence-electron chi connectivity index (χ1n) is 12.6. The van der Waals surface area contributed by atoms with Gasteiger partial charge in [0.2, 0.25) is 0 Å². The van der Waals surface area contributed by atoms with Gasteiger partial charge >= 0.3 is 0 Å². The number of hydrogen-bond acceptors (Lipinski definition) is 5. The predicted octanol–water partition coefficient (Wildman–Crippen LogP) is 6.80. The number of ether oxygens (including phenoxy) is 2. The molecule has 5 rings (SSSR count). The SMILES string of the molecule is COc1ccc(C(C)(c2ccc(OC)cc2)c2cc(C(C)(C)C)cc(-n3nc4ccccc4n3)c2O)cc1. The van der Waals surface area contributed by atoms with E-state index in [0.29, 0.717) is 5.69 Å². The lowest BCUT2D eigenvalue weighted by molar-refractivity contribution is 0.414. The third-order valence-corrected chi connectivity index (χ3v) is 7.33. The Hall–Kier alpha value is -4.32. The summed E-state index contributed by atoms with van der Waals surface area (Å²) in [5.41, 5.74) is 5.01. The van der Waals surface area contributed by atoms with Crippen molar-refractivity contribution in [2.75, 3.05) is 14.2 Å². The van der Waals surface area contributed by atoms with Crippen LogP contribution in [0.5, 0.6) is 17.2 Å². The maximum Gasteiger partial charge on any atom is 0.147 e. The van der Waals surface area contributed by atoms with Crippen molar-refractivity contribution in [1.29, 1.82) is 0 Å². The topological polar surface area (TPSA) is 69.4 Å². The fourth-order valence-corrected chi connectivity index (χ4v) is 4.88. The summed E-state index contributed by atoms with van der Waals surface area (Å²) >= 11 is 0.